The van der Waals surface area contributed by atoms with Crippen molar-refractivity contribution in [2.75, 3.05) is 23.3 Å². The predicted molar refractivity (Wildman–Crippen MR) is 99.8 cm³/mol. The Morgan fingerprint density at radius 3 is 2.52 bits per heavy atom. The smallest absolute Gasteiger partial charge is 0.250 e. The summed E-state index contributed by atoms with van der Waals surface area (Å²) in [7, 11) is 0. The van der Waals surface area contributed by atoms with Gasteiger partial charge in [0.1, 0.15) is 5.82 Å². The van der Waals surface area contributed by atoms with Gasteiger partial charge < -0.3 is 15.2 Å². The van der Waals surface area contributed by atoms with Gasteiger partial charge in [0.25, 0.3) is 0 Å². The average molecular weight is 337 g/mol. The highest BCUT2D eigenvalue weighted by Gasteiger charge is 2.21. The Labute approximate surface area is 145 Å². The van der Waals surface area contributed by atoms with E-state index in [-0.39, 0.29) is 11.4 Å². The van der Waals surface area contributed by atoms with Crippen molar-refractivity contribution >= 4 is 22.3 Å². The summed E-state index contributed by atoms with van der Waals surface area (Å²) in [5, 5.41) is 4.54. The zero-order chi connectivity index (χ0) is 17.2. The molecule has 0 bridgehead atoms. The van der Waals surface area contributed by atoms with Gasteiger partial charge in [-0.3, -0.25) is 4.79 Å². The highest BCUT2D eigenvalue weighted by atomic mass is 19.1. The SMILES string of the molecule is O=c1cc(N2CCC(Nc3ccc(F)cc3)CC2)c2ccccc2[nH]1. The zero-order valence-electron chi connectivity index (χ0n) is 13.8. The fourth-order valence-electron chi connectivity index (χ4n) is 3.49. The Hall–Kier alpha value is -2.82. The monoisotopic (exact) mass is 337 g/mol. The summed E-state index contributed by atoms with van der Waals surface area (Å²) in [6, 6.07) is 16.4. The molecule has 2 N–H and O–H groups in total. The van der Waals surface area contributed by atoms with Crippen LogP contribution in [0.2, 0.25) is 0 Å². The number of hydrogen-bond acceptors (Lipinski definition) is 3. The maximum atomic E-state index is 13.0. The van der Waals surface area contributed by atoms with Gasteiger partial charge in [-0.2, -0.15) is 0 Å². The molecule has 0 saturated carbocycles. The van der Waals surface area contributed by atoms with Crippen LogP contribution in [0.4, 0.5) is 15.8 Å². The first-order chi connectivity index (χ1) is 12.2. The Morgan fingerprint density at radius 1 is 1.04 bits per heavy atom. The molecule has 0 atom stereocenters. The van der Waals surface area contributed by atoms with E-state index >= 15 is 0 Å². The quantitative estimate of drug-likeness (QED) is 0.765. The molecule has 2 heterocycles. The second-order valence-corrected chi connectivity index (χ2v) is 6.48. The number of fused-ring (bicyclic) bond motifs is 1. The van der Waals surface area contributed by atoms with E-state index in [4.69, 9.17) is 0 Å². The molecule has 1 aromatic heterocycles. The third kappa shape index (κ3) is 3.36. The summed E-state index contributed by atoms with van der Waals surface area (Å²) < 4.78 is 13.0. The molecule has 4 rings (SSSR count). The number of H-pyrrole nitrogens is 1. The maximum Gasteiger partial charge on any atom is 0.250 e. The summed E-state index contributed by atoms with van der Waals surface area (Å²) in [4.78, 5) is 17.1. The van der Waals surface area contributed by atoms with E-state index in [9.17, 15) is 9.18 Å². The molecule has 1 saturated heterocycles. The minimum atomic E-state index is -0.221. The predicted octanol–water partition coefficient (Wildman–Crippen LogP) is 3.75. The number of para-hydroxylation sites is 1. The average Bonchev–Trinajstić information content (AvgIpc) is 2.63. The van der Waals surface area contributed by atoms with Crippen LogP contribution in [-0.4, -0.2) is 24.1 Å². The fraction of sp³-hybridized carbons (Fsp3) is 0.250. The molecule has 5 heteroatoms. The lowest BCUT2D eigenvalue weighted by atomic mass is 10.0. The van der Waals surface area contributed by atoms with Crippen LogP contribution < -0.4 is 15.8 Å². The minimum Gasteiger partial charge on any atom is -0.382 e. The van der Waals surface area contributed by atoms with Crippen LogP contribution in [0, 0.1) is 5.82 Å². The summed E-state index contributed by atoms with van der Waals surface area (Å²) >= 11 is 0. The normalized spacial score (nSPS) is 15.5. The zero-order valence-corrected chi connectivity index (χ0v) is 13.8. The van der Waals surface area contributed by atoms with Gasteiger partial charge in [0, 0.05) is 36.3 Å². The minimum absolute atomic E-state index is 0.0692. The molecule has 2 aromatic carbocycles. The van der Waals surface area contributed by atoms with E-state index in [0.717, 1.165) is 48.2 Å². The molecule has 1 aliphatic rings. The van der Waals surface area contributed by atoms with Crippen LogP contribution in [0.25, 0.3) is 10.9 Å². The topological polar surface area (TPSA) is 48.1 Å². The number of pyridine rings is 1. The number of piperidine rings is 1. The standard InChI is InChI=1S/C20H20FN3O/c21-14-5-7-15(8-6-14)22-16-9-11-24(12-10-16)19-13-20(25)23-18-4-2-1-3-17(18)19/h1-8,13,16,22H,9-12H2,(H,23,25). The molecular weight excluding hydrogens is 317 g/mol. The van der Waals surface area contributed by atoms with Crippen LogP contribution in [0.3, 0.4) is 0 Å². The molecule has 1 aliphatic heterocycles. The molecule has 0 radical (unpaired) electrons. The van der Waals surface area contributed by atoms with Gasteiger partial charge in [0.15, 0.2) is 0 Å². The number of anilines is 2. The highest BCUT2D eigenvalue weighted by molar-refractivity contribution is 5.91. The van der Waals surface area contributed by atoms with Crippen LogP contribution in [0.1, 0.15) is 12.8 Å². The largest absolute Gasteiger partial charge is 0.382 e. The Morgan fingerprint density at radius 2 is 1.76 bits per heavy atom. The molecule has 3 aromatic rings. The van der Waals surface area contributed by atoms with Crippen molar-refractivity contribution < 1.29 is 4.39 Å². The van der Waals surface area contributed by atoms with Crippen molar-refractivity contribution in [2.45, 2.75) is 18.9 Å². The molecule has 4 nitrogen and oxygen atoms in total. The molecule has 0 amide bonds. The van der Waals surface area contributed by atoms with E-state index in [1.165, 1.54) is 12.1 Å². The summed E-state index contributed by atoms with van der Waals surface area (Å²) in [5.41, 5.74) is 2.75. The van der Waals surface area contributed by atoms with Gasteiger partial charge in [-0.05, 0) is 43.2 Å². The number of aromatic nitrogens is 1. The van der Waals surface area contributed by atoms with Crippen LogP contribution in [0.5, 0.6) is 0 Å². The highest BCUT2D eigenvalue weighted by Crippen LogP contribution is 2.27. The fourth-order valence-corrected chi connectivity index (χ4v) is 3.49. The number of halogens is 1. The number of nitrogens with one attached hydrogen (secondary N) is 2. The summed E-state index contributed by atoms with van der Waals surface area (Å²) in [5.74, 6) is -0.221. The van der Waals surface area contributed by atoms with E-state index in [1.807, 2.05) is 24.3 Å². The van der Waals surface area contributed by atoms with Gasteiger partial charge in [0.2, 0.25) is 5.56 Å². The van der Waals surface area contributed by atoms with Gasteiger partial charge in [-0.1, -0.05) is 18.2 Å². The van der Waals surface area contributed by atoms with E-state index in [1.54, 1.807) is 18.2 Å². The van der Waals surface area contributed by atoms with Crippen LogP contribution >= 0.6 is 0 Å². The Balaban J connectivity index is 1.49. The van der Waals surface area contributed by atoms with E-state index in [2.05, 4.69) is 15.2 Å². The van der Waals surface area contributed by atoms with Gasteiger partial charge in [0.05, 0.1) is 11.2 Å². The molecule has 0 unspecified atom stereocenters. The van der Waals surface area contributed by atoms with Crippen molar-refractivity contribution in [1.82, 2.24) is 4.98 Å². The van der Waals surface area contributed by atoms with E-state index in [0.29, 0.717) is 6.04 Å². The van der Waals surface area contributed by atoms with Crippen molar-refractivity contribution in [2.24, 2.45) is 0 Å². The summed E-state index contributed by atoms with van der Waals surface area (Å²) in [6.45, 7) is 1.76. The van der Waals surface area contributed by atoms with Crippen molar-refractivity contribution in [1.29, 1.82) is 0 Å². The molecule has 1 fully saturated rings. The number of hydrogen-bond donors (Lipinski definition) is 2. The van der Waals surface area contributed by atoms with Gasteiger partial charge in [-0.15, -0.1) is 0 Å². The summed E-state index contributed by atoms with van der Waals surface area (Å²) in [6.07, 6.45) is 1.94. The first-order valence-corrected chi connectivity index (χ1v) is 8.58. The molecule has 0 aliphatic carbocycles. The lowest BCUT2D eigenvalue weighted by molar-refractivity contribution is 0.527. The van der Waals surface area contributed by atoms with Crippen LogP contribution in [0.15, 0.2) is 59.4 Å². The third-order valence-electron chi connectivity index (χ3n) is 4.78. The van der Waals surface area contributed by atoms with E-state index < -0.39 is 0 Å². The Bertz CT molecular complexity index is 928. The molecule has 25 heavy (non-hydrogen) atoms. The first-order valence-electron chi connectivity index (χ1n) is 8.58. The second-order valence-electron chi connectivity index (χ2n) is 6.48. The lowest BCUT2D eigenvalue weighted by Gasteiger charge is -2.34. The van der Waals surface area contributed by atoms with Crippen LogP contribution in [-0.2, 0) is 0 Å². The van der Waals surface area contributed by atoms with Crippen molar-refractivity contribution in [3.05, 3.63) is 70.8 Å². The number of benzene rings is 2. The number of nitrogens with zero attached hydrogens (tertiary/aromatic N) is 1. The lowest BCUT2D eigenvalue weighted by Crippen LogP contribution is -2.39. The number of rotatable bonds is 3. The first kappa shape index (κ1) is 15.7. The number of aromatic amines is 1. The molecule has 0 spiro atoms. The molecular formula is C20H20FN3O. The van der Waals surface area contributed by atoms with Crippen molar-refractivity contribution in [3.8, 4) is 0 Å². The van der Waals surface area contributed by atoms with Gasteiger partial charge in [-0.25, -0.2) is 4.39 Å². The third-order valence-corrected chi connectivity index (χ3v) is 4.78. The Kier molecular flexibility index (Phi) is 4.14. The molecule has 128 valence electrons. The maximum absolute atomic E-state index is 13.0. The van der Waals surface area contributed by atoms with Crippen molar-refractivity contribution in [3.63, 3.8) is 0 Å². The second kappa shape index (κ2) is 6.59. The van der Waals surface area contributed by atoms with Gasteiger partial charge >= 0.3 is 0 Å².